The molecule has 2 N–H and O–H groups in total. The van der Waals surface area contributed by atoms with Crippen molar-refractivity contribution in [2.45, 2.75) is 25.7 Å². The number of hydrogen-bond acceptors (Lipinski definition) is 4. The number of carbonyl (C=O) groups excluding carboxylic acids is 1. The van der Waals surface area contributed by atoms with Gasteiger partial charge in [-0.3, -0.25) is 4.79 Å². The van der Waals surface area contributed by atoms with E-state index in [1.807, 2.05) is 20.8 Å². The summed E-state index contributed by atoms with van der Waals surface area (Å²) in [4.78, 5) is 12.1. The van der Waals surface area contributed by atoms with Gasteiger partial charge in [0, 0.05) is 17.3 Å². The van der Waals surface area contributed by atoms with E-state index in [0.29, 0.717) is 17.3 Å². The number of hydrogen-bond donors (Lipinski definition) is 2. The molecule has 2 aromatic carbocycles. The number of benzene rings is 2. The van der Waals surface area contributed by atoms with Gasteiger partial charge in [0.2, 0.25) is 10.0 Å². The molecule has 152 valence electrons. The fourth-order valence-corrected chi connectivity index (χ4v) is 3.99. The van der Waals surface area contributed by atoms with Crippen molar-refractivity contribution in [1.29, 1.82) is 0 Å². The van der Waals surface area contributed by atoms with Gasteiger partial charge in [0.1, 0.15) is 5.75 Å². The van der Waals surface area contributed by atoms with Crippen molar-refractivity contribution < 1.29 is 17.9 Å². The van der Waals surface area contributed by atoms with Crippen molar-refractivity contribution in [3.8, 4) is 5.75 Å². The fraction of sp³-hybridized carbons (Fsp3) is 0.316. The van der Waals surface area contributed by atoms with Crippen LogP contribution >= 0.6 is 23.2 Å². The van der Waals surface area contributed by atoms with Crippen LogP contribution in [-0.2, 0) is 14.8 Å². The molecule has 0 spiro atoms. The number of ether oxygens (including phenoxy) is 1. The molecule has 0 aromatic heterocycles. The summed E-state index contributed by atoms with van der Waals surface area (Å²) in [5.41, 5.74) is 1.45. The van der Waals surface area contributed by atoms with Gasteiger partial charge in [-0.25, -0.2) is 13.1 Å². The molecule has 0 heterocycles. The molecule has 0 radical (unpaired) electrons. The van der Waals surface area contributed by atoms with Crippen LogP contribution in [0.15, 0.2) is 41.3 Å². The maximum absolute atomic E-state index is 12.2. The molecule has 0 saturated carbocycles. The molecule has 0 unspecified atom stereocenters. The molecule has 2 rings (SSSR count). The predicted molar refractivity (Wildman–Crippen MR) is 112 cm³/mol. The third-order valence-electron chi connectivity index (χ3n) is 3.72. The van der Waals surface area contributed by atoms with Crippen LogP contribution in [0.3, 0.4) is 0 Å². The lowest BCUT2D eigenvalue weighted by Crippen LogP contribution is -2.27. The number of sulfonamides is 1. The second kappa shape index (κ2) is 9.60. The van der Waals surface area contributed by atoms with Crippen LogP contribution in [0.1, 0.15) is 19.4 Å². The highest BCUT2D eigenvalue weighted by atomic mass is 35.5. The van der Waals surface area contributed by atoms with E-state index in [-0.39, 0.29) is 34.1 Å². The van der Waals surface area contributed by atoms with Gasteiger partial charge in [-0.1, -0.05) is 37.0 Å². The number of anilines is 1. The minimum Gasteiger partial charge on any atom is -0.482 e. The first-order chi connectivity index (χ1) is 13.1. The first-order valence-electron chi connectivity index (χ1n) is 8.56. The van der Waals surface area contributed by atoms with Gasteiger partial charge in [-0.2, -0.15) is 0 Å². The Morgan fingerprint density at radius 3 is 2.46 bits per heavy atom. The maximum Gasteiger partial charge on any atom is 0.262 e. The first kappa shape index (κ1) is 22.5. The molecular formula is C19H22Cl2N2O4S. The SMILES string of the molecule is Cc1cc(Cl)ccc1NC(=O)COc1ccc(S(=O)(=O)NCC(C)C)cc1Cl. The van der Waals surface area contributed by atoms with Crippen LogP contribution in [-0.4, -0.2) is 27.5 Å². The lowest BCUT2D eigenvalue weighted by atomic mass is 10.2. The highest BCUT2D eigenvalue weighted by Crippen LogP contribution is 2.27. The zero-order valence-corrected chi connectivity index (χ0v) is 18.1. The van der Waals surface area contributed by atoms with E-state index >= 15 is 0 Å². The number of rotatable bonds is 8. The van der Waals surface area contributed by atoms with Crippen LogP contribution in [0.5, 0.6) is 5.75 Å². The number of aryl methyl sites for hydroxylation is 1. The zero-order chi connectivity index (χ0) is 20.9. The van der Waals surface area contributed by atoms with Crippen molar-refractivity contribution in [2.75, 3.05) is 18.5 Å². The van der Waals surface area contributed by atoms with Crippen LogP contribution in [0.4, 0.5) is 5.69 Å². The number of amides is 1. The third kappa shape index (κ3) is 6.38. The predicted octanol–water partition coefficient (Wildman–Crippen LogP) is 4.25. The van der Waals surface area contributed by atoms with Gasteiger partial charge in [-0.15, -0.1) is 0 Å². The second-order valence-corrected chi connectivity index (χ2v) is 9.24. The van der Waals surface area contributed by atoms with Gasteiger partial charge in [0.15, 0.2) is 6.61 Å². The summed E-state index contributed by atoms with van der Waals surface area (Å²) in [5.74, 6) is 0.0138. The molecular weight excluding hydrogens is 423 g/mol. The molecule has 6 nitrogen and oxygen atoms in total. The molecule has 0 saturated heterocycles. The molecule has 0 atom stereocenters. The van der Waals surface area contributed by atoms with Crippen molar-refractivity contribution in [3.63, 3.8) is 0 Å². The Balaban J connectivity index is 2.00. The van der Waals surface area contributed by atoms with E-state index in [4.69, 9.17) is 27.9 Å². The van der Waals surface area contributed by atoms with E-state index in [1.54, 1.807) is 18.2 Å². The lowest BCUT2D eigenvalue weighted by Gasteiger charge is -2.12. The minimum atomic E-state index is -3.65. The smallest absolute Gasteiger partial charge is 0.262 e. The Hall–Kier alpha value is -1.80. The molecule has 9 heteroatoms. The van der Waals surface area contributed by atoms with Gasteiger partial charge >= 0.3 is 0 Å². The highest BCUT2D eigenvalue weighted by Gasteiger charge is 2.17. The van der Waals surface area contributed by atoms with Gasteiger partial charge < -0.3 is 10.1 Å². The monoisotopic (exact) mass is 444 g/mol. The topological polar surface area (TPSA) is 84.5 Å². The van der Waals surface area contributed by atoms with E-state index in [2.05, 4.69) is 10.0 Å². The summed E-state index contributed by atoms with van der Waals surface area (Å²) in [6.45, 7) is 5.68. The highest BCUT2D eigenvalue weighted by molar-refractivity contribution is 7.89. The molecule has 0 bridgehead atoms. The Labute approximate surface area is 175 Å². The average Bonchev–Trinajstić information content (AvgIpc) is 2.61. The van der Waals surface area contributed by atoms with Crippen LogP contribution in [0.2, 0.25) is 10.0 Å². The summed E-state index contributed by atoms with van der Waals surface area (Å²) in [5, 5.41) is 3.40. The molecule has 2 aromatic rings. The molecule has 0 fully saturated rings. The first-order valence-corrected chi connectivity index (χ1v) is 10.8. The van der Waals surface area contributed by atoms with Gasteiger partial charge in [0.05, 0.1) is 9.92 Å². The van der Waals surface area contributed by atoms with Crippen molar-refractivity contribution in [1.82, 2.24) is 4.72 Å². The molecule has 1 amide bonds. The fourth-order valence-electron chi connectivity index (χ4n) is 2.22. The van der Waals surface area contributed by atoms with Crippen LogP contribution in [0, 0.1) is 12.8 Å². The normalized spacial score (nSPS) is 11.5. The van der Waals surface area contributed by atoms with E-state index < -0.39 is 10.0 Å². The molecule has 28 heavy (non-hydrogen) atoms. The minimum absolute atomic E-state index is 0.0340. The lowest BCUT2D eigenvalue weighted by molar-refractivity contribution is -0.118. The second-order valence-electron chi connectivity index (χ2n) is 6.63. The Morgan fingerprint density at radius 1 is 1.14 bits per heavy atom. The summed E-state index contributed by atoms with van der Waals surface area (Å²) in [6, 6.07) is 9.21. The molecule has 0 aliphatic heterocycles. The number of nitrogens with one attached hydrogen (secondary N) is 2. The largest absolute Gasteiger partial charge is 0.482 e. The van der Waals surface area contributed by atoms with Gasteiger partial charge in [0.25, 0.3) is 5.91 Å². The Bertz CT molecular complexity index is 962. The van der Waals surface area contributed by atoms with E-state index in [0.717, 1.165) is 5.56 Å². The van der Waals surface area contributed by atoms with Crippen LogP contribution < -0.4 is 14.8 Å². The summed E-state index contributed by atoms with van der Waals surface area (Å²) in [6.07, 6.45) is 0. The molecule has 0 aliphatic carbocycles. The third-order valence-corrected chi connectivity index (χ3v) is 5.67. The maximum atomic E-state index is 12.2. The Kier molecular flexibility index (Phi) is 7.71. The van der Waals surface area contributed by atoms with E-state index in [1.165, 1.54) is 18.2 Å². The zero-order valence-electron chi connectivity index (χ0n) is 15.8. The Morgan fingerprint density at radius 2 is 1.86 bits per heavy atom. The molecule has 0 aliphatic rings. The van der Waals surface area contributed by atoms with Crippen molar-refractivity contribution in [2.24, 2.45) is 5.92 Å². The average molecular weight is 445 g/mol. The van der Waals surface area contributed by atoms with E-state index in [9.17, 15) is 13.2 Å². The van der Waals surface area contributed by atoms with Gasteiger partial charge in [-0.05, 0) is 54.8 Å². The number of carbonyl (C=O) groups is 1. The van der Waals surface area contributed by atoms with Crippen molar-refractivity contribution in [3.05, 3.63) is 52.0 Å². The van der Waals surface area contributed by atoms with Crippen LogP contribution in [0.25, 0.3) is 0 Å². The number of halogens is 2. The summed E-state index contributed by atoms with van der Waals surface area (Å²) in [7, 11) is -3.65. The quantitative estimate of drug-likeness (QED) is 0.636. The van der Waals surface area contributed by atoms with Crippen molar-refractivity contribution >= 4 is 44.8 Å². The summed E-state index contributed by atoms with van der Waals surface area (Å²) < 4.78 is 32.4. The summed E-state index contributed by atoms with van der Waals surface area (Å²) >= 11 is 12.0. The standard InChI is InChI=1S/C19H22Cl2N2O4S/c1-12(2)10-22-28(25,26)15-5-7-18(16(21)9-15)27-11-19(24)23-17-6-4-14(20)8-13(17)3/h4-9,12,22H,10-11H2,1-3H3,(H,23,24).